The summed E-state index contributed by atoms with van der Waals surface area (Å²) in [6.45, 7) is 0.831. The maximum absolute atomic E-state index is 4.47. The second kappa shape index (κ2) is 3.72. The van der Waals surface area contributed by atoms with Crippen LogP contribution in [0.1, 0.15) is 5.69 Å². The van der Waals surface area contributed by atoms with E-state index in [1.165, 1.54) is 0 Å². The molecule has 0 aliphatic carbocycles. The second-order valence-electron chi connectivity index (χ2n) is 2.76. The van der Waals surface area contributed by atoms with Crippen LogP contribution in [0.15, 0.2) is 23.7 Å². The van der Waals surface area contributed by atoms with E-state index >= 15 is 0 Å². The molecular weight excluding hydrogens is 182 g/mol. The zero-order valence-electron chi connectivity index (χ0n) is 7.37. The standard InChI is InChI=1S/C9H11N3S/c1-10-5-7-6-13-9(12-7)8-3-2-4-11-8/h2-4,6,10-11H,5H2,1H3. The number of thiazole rings is 1. The number of aromatic nitrogens is 2. The van der Waals surface area contributed by atoms with Crippen LogP contribution in [0.25, 0.3) is 10.7 Å². The molecule has 0 aliphatic heterocycles. The van der Waals surface area contributed by atoms with Crippen molar-refractivity contribution >= 4 is 11.3 Å². The van der Waals surface area contributed by atoms with E-state index < -0.39 is 0 Å². The summed E-state index contributed by atoms with van der Waals surface area (Å²) in [7, 11) is 1.92. The molecule has 2 aromatic rings. The van der Waals surface area contributed by atoms with E-state index in [1.807, 2.05) is 25.4 Å². The van der Waals surface area contributed by atoms with Gasteiger partial charge in [0, 0.05) is 18.1 Å². The predicted octanol–water partition coefficient (Wildman–Crippen LogP) is 1.86. The van der Waals surface area contributed by atoms with Crippen molar-refractivity contribution in [1.82, 2.24) is 15.3 Å². The smallest absolute Gasteiger partial charge is 0.139 e. The summed E-state index contributed by atoms with van der Waals surface area (Å²) in [6.07, 6.45) is 1.91. The number of hydrogen-bond acceptors (Lipinski definition) is 3. The van der Waals surface area contributed by atoms with E-state index in [4.69, 9.17) is 0 Å². The van der Waals surface area contributed by atoms with Gasteiger partial charge in [-0.05, 0) is 19.2 Å². The lowest BCUT2D eigenvalue weighted by molar-refractivity contribution is 0.798. The summed E-state index contributed by atoms with van der Waals surface area (Å²) in [5.74, 6) is 0. The Morgan fingerprint density at radius 1 is 1.62 bits per heavy atom. The highest BCUT2D eigenvalue weighted by Crippen LogP contribution is 2.21. The Balaban J connectivity index is 2.23. The van der Waals surface area contributed by atoms with Crippen molar-refractivity contribution in [2.24, 2.45) is 0 Å². The average Bonchev–Trinajstić information content (AvgIpc) is 2.70. The van der Waals surface area contributed by atoms with Crippen LogP contribution in [0.2, 0.25) is 0 Å². The van der Waals surface area contributed by atoms with Crippen LogP contribution in [-0.4, -0.2) is 17.0 Å². The monoisotopic (exact) mass is 193 g/mol. The Bertz CT molecular complexity index is 364. The largest absolute Gasteiger partial charge is 0.359 e. The normalized spacial score (nSPS) is 10.5. The van der Waals surface area contributed by atoms with Crippen LogP contribution in [0.3, 0.4) is 0 Å². The van der Waals surface area contributed by atoms with Gasteiger partial charge < -0.3 is 10.3 Å². The molecule has 2 N–H and O–H groups in total. The third-order valence-corrected chi connectivity index (χ3v) is 2.66. The molecule has 2 heterocycles. The van der Waals surface area contributed by atoms with Crippen LogP contribution in [0.4, 0.5) is 0 Å². The fourth-order valence-corrected chi connectivity index (χ4v) is 1.96. The van der Waals surface area contributed by atoms with Gasteiger partial charge in [0.15, 0.2) is 0 Å². The highest BCUT2D eigenvalue weighted by Gasteiger charge is 2.03. The Hall–Kier alpha value is -1.13. The molecule has 0 saturated carbocycles. The lowest BCUT2D eigenvalue weighted by Crippen LogP contribution is -2.04. The fourth-order valence-electron chi connectivity index (χ4n) is 1.16. The first kappa shape index (κ1) is 8.47. The molecule has 2 rings (SSSR count). The first-order chi connectivity index (χ1) is 6.40. The molecule has 13 heavy (non-hydrogen) atoms. The van der Waals surface area contributed by atoms with Gasteiger partial charge in [-0.15, -0.1) is 11.3 Å². The summed E-state index contributed by atoms with van der Waals surface area (Å²) in [6, 6.07) is 4.01. The molecule has 0 fully saturated rings. The Kier molecular flexibility index (Phi) is 2.42. The first-order valence-corrected chi connectivity index (χ1v) is 5.01. The van der Waals surface area contributed by atoms with E-state index in [0.717, 1.165) is 22.9 Å². The molecule has 68 valence electrons. The molecule has 0 amide bonds. The summed E-state index contributed by atoms with van der Waals surface area (Å²) in [5, 5.41) is 6.20. The summed E-state index contributed by atoms with van der Waals surface area (Å²) in [5.41, 5.74) is 2.18. The number of nitrogens with zero attached hydrogens (tertiary/aromatic N) is 1. The van der Waals surface area contributed by atoms with Gasteiger partial charge in [-0.25, -0.2) is 4.98 Å². The van der Waals surface area contributed by atoms with Crippen molar-refractivity contribution in [2.45, 2.75) is 6.54 Å². The maximum atomic E-state index is 4.47. The van der Waals surface area contributed by atoms with Crippen molar-refractivity contribution in [1.29, 1.82) is 0 Å². The highest BCUT2D eigenvalue weighted by atomic mass is 32.1. The lowest BCUT2D eigenvalue weighted by atomic mass is 10.4. The van der Waals surface area contributed by atoms with Gasteiger partial charge in [0.2, 0.25) is 0 Å². The molecule has 0 spiro atoms. The molecular formula is C9H11N3S. The zero-order chi connectivity index (χ0) is 9.10. The van der Waals surface area contributed by atoms with Crippen LogP contribution in [-0.2, 0) is 6.54 Å². The summed E-state index contributed by atoms with van der Waals surface area (Å²) >= 11 is 1.66. The topological polar surface area (TPSA) is 40.7 Å². The van der Waals surface area contributed by atoms with Gasteiger partial charge in [-0.1, -0.05) is 0 Å². The van der Waals surface area contributed by atoms with E-state index in [1.54, 1.807) is 11.3 Å². The fraction of sp³-hybridized carbons (Fsp3) is 0.222. The SMILES string of the molecule is CNCc1csc(-c2ccc[nH]2)n1. The van der Waals surface area contributed by atoms with Crippen molar-refractivity contribution < 1.29 is 0 Å². The number of nitrogens with one attached hydrogen (secondary N) is 2. The van der Waals surface area contributed by atoms with Gasteiger partial charge >= 0.3 is 0 Å². The van der Waals surface area contributed by atoms with Crippen molar-refractivity contribution in [3.63, 3.8) is 0 Å². The number of hydrogen-bond donors (Lipinski definition) is 2. The van der Waals surface area contributed by atoms with Crippen LogP contribution >= 0.6 is 11.3 Å². The zero-order valence-corrected chi connectivity index (χ0v) is 8.19. The van der Waals surface area contributed by atoms with Gasteiger partial charge in [-0.2, -0.15) is 0 Å². The molecule has 3 nitrogen and oxygen atoms in total. The van der Waals surface area contributed by atoms with E-state index in [9.17, 15) is 0 Å². The summed E-state index contributed by atoms with van der Waals surface area (Å²) in [4.78, 5) is 7.60. The minimum absolute atomic E-state index is 0.831. The van der Waals surface area contributed by atoms with E-state index in [2.05, 4.69) is 20.7 Å². The first-order valence-electron chi connectivity index (χ1n) is 4.13. The molecule has 0 aliphatic rings. The second-order valence-corrected chi connectivity index (χ2v) is 3.62. The van der Waals surface area contributed by atoms with Crippen LogP contribution < -0.4 is 5.32 Å². The summed E-state index contributed by atoms with van der Waals surface area (Å²) < 4.78 is 0. The lowest BCUT2D eigenvalue weighted by Gasteiger charge is -1.91. The van der Waals surface area contributed by atoms with Crippen molar-refractivity contribution in [3.8, 4) is 10.7 Å². The van der Waals surface area contributed by atoms with Gasteiger partial charge in [0.25, 0.3) is 0 Å². The predicted molar refractivity (Wildman–Crippen MR) is 54.7 cm³/mol. The van der Waals surface area contributed by atoms with Crippen molar-refractivity contribution in [2.75, 3.05) is 7.05 Å². The van der Waals surface area contributed by atoms with E-state index in [-0.39, 0.29) is 0 Å². The third-order valence-electron chi connectivity index (χ3n) is 1.74. The molecule has 0 atom stereocenters. The minimum Gasteiger partial charge on any atom is -0.359 e. The molecule has 0 saturated heterocycles. The van der Waals surface area contributed by atoms with Crippen LogP contribution in [0, 0.1) is 0 Å². The average molecular weight is 193 g/mol. The Morgan fingerprint density at radius 3 is 3.23 bits per heavy atom. The molecule has 0 unspecified atom stereocenters. The molecule has 0 aromatic carbocycles. The minimum atomic E-state index is 0.831. The number of H-pyrrole nitrogens is 1. The van der Waals surface area contributed by atoms with E-state index in [0.29, 0.717) is 0 Å². The Labute approximate surface area is 80.8 Å². The van der Waals surface area contributed by atoms with Crippen LogP contribution in [0.5, 0.6) is 0 Å². The molecule has 0 radical (unpaired) electrons. The van der Waals surface area contributed by atoms with Gasteiger partial charge in [0.1, 0.15) is 5.01 Å². The third kappa shape index (κ3) is 1.79. The molecule has 2 aromatic heterocycles. The van der Waals surface area contributed by atoms with Crippen molar-refractivity contribution in [3.05, 3.63) is 29.4 Å². The highest BCUT2D eigenvalue weighted by molar-refractivity contribution is 7.13. The van der Waals surface area contributed by atoms with Gasteiger partial charge in [-0.3, -0.25) is 0 Å². The molecule has 4 heteroatoms. The number of aromatic amines is 1. The maximum Gasteiger partial charge on any atom is 0.139 e. The Morgan fingerprint density at radius 2 is 2.54 bits per heavy atom. The molecule has 0 bridgehead atoms. The number of rotatable bonds is 3. The van der Waals surface area contributed by atoms with Gasteiger partial charge in [0.05, 0.1) is 11.4 Å². The quantitative estimate of drug-likeness (QED) is 0.781.